The van der Waals surface area contributed by atoms with Gasteiger partial charge in [0.15, 0.2) is 5.75 Å². The minimum atomic E-state index is -1.36. The first-order chi connectivity index (χ1) is 24.5. The Kier molecular flexibility index (Phi) is 16.4. The van der Waals surface area contributed by atoms with Gasteiger partial charge in [0.05, 0.1) is 47.0 Å². The molecule has 0 saturated carbocycles. The number of ether oxygens (including phenoxy) is 3. The van der Waals surface area contributed by atoms with Crippen molar-refractivity contribution in [2.75, 3.05) is 25.6 Å². The summed E-state index contributed by atoms with van der Waals surface area (Å²) < 4.78 is 16.3. The van der Waals surface area contributed by atoms with Crippen LogP contribution in [0.4, 0.5) is 11.4 Å². The average Bonchev–Trinajstić information content (AvgIpc) is 3.11. The number of unbranched alkanes of at least 4 members (excludes halogenated alkanes) is 10. The van der Waals surface area contributed by atoms with Crippen molar-refractivity contribution in [2.45, 2.75) is 84.0 Å². The fraction of sp³-hybridized carbons (Fsp3) is 0.421. The monoisotopic (exact) mass is 706 g/mol. The Labute approximate surface area is 296 Å². The lowest BCUT2D eigenvalue weighted by molar-refractivity contribution is -0.385. The number of carboxylic acid groups (broad SMARTS) is 2. The summed E-state index contributed by atoms with van der Waals surface area (Å²) >= 11 is 0. The highest BCUT2D eigenvalue weighted by molar-refractivity contribution is 6.04. The Bertz CT molecular complexity index is 1650. The molecule has 0 aromatic heterocycles. The van der Waals surface area contributed by atoms with E-state index in [1.807, 2.05) is 0 Å². The molecule has 0 atom stereocenters. The molecule has 3 aromatic carbocycles. The number of rotatable bonds is 23. The van der Waals surface area contributed by atoms with Crippen LogP contribution in [0.2, 0.25) is 0 Å². The highest BCUT2D eigenvalue weighted by Gasteiger charge is 2.21. The maximum absolute atomic E-state index is 12.6. The Morgan fingerprint density at radius 1 is 0.667 bits per heavy atom. The standard InChI is InChI=1S/C38H46N2O11/c1-2-3-4-5-8-11-20-49-34-25-32(39)30(24-33(34)40(47)48)26-14-16-27(17-15-26)37(45)50-21-12-9-6-7-10-13-22-51-38(46)31-23-28(35(41)42)18-19-29(31)36(43)44/h14-19,23-25H,2-13,20-22,39H2,1H3,(H,41,42)(H,43,44). The van der Waals surface area contributed by atoms with Gasteiger partial charge in [-0.25, -0.2) is 19.2 Å². The predicted octanol–water partition coefficient (Wildman–Crippen LogP) is 8.33. The first kappa shape index (κ1) is 40.0. The molecule has 0 aliphatic heterocycles. The van der Waals surface area contributed by atoms with Gasteiger partial charge < -0.3 is 30.2 Å². The minimum Gasteiger partial charge on any atom is -0.487 e. The van der Waals surface area contributed by atoms with E-state index in [1.165, 1.54) is 25.0 Å². The Balaban J connectivity index is 1.36. The predicted molar refractivity (Wildman–Crippen MR) is 190 cm³/mol. The van der Waals surface area contributed by atoms with Crippen LogP contribution in [0.15, 0.2) is 54.6 Å². The summed E-state index contributed by atoms with van der Waals surface area (Å²) in [5.74, 6) is -3.88. The number of nitrogen functional groups attached to an aromatic ring is 1. The third-order valence-corrected chi connectivity index (χ3v) is 8.24. The number of carboxylic acids is 2. The number of hydrogen-bond donors (Lipinski definition) is 3. The van der Waals surface area contributed by atoms with E-state index in [0.717, 1.165) is 69.6 Å². The SMILES string of the molecule is CCCCCCCCOc1cc(N)c(-c2ccc(C(=O)OCCCCCCCCOC(=O)c3cc(C(=O)O)ccc3C(=O)O)cc2)cc1[N+](=O)[O-]. The van der Waals surface area contributed by atoms with E-state index in [9.17, 15) is 34.4 Å². The summed E-state index contributed by atoms with van der Waals surface area (Å²) in [7, 11) is 0. The Morgan fingerprint density at radius 3 is 1.78 bits per heavy atom. The molecule has 51 heavy (non-hydrogen) atoms. The van der Waals surface area contributed by atoms with Crippen LogP contribution in [-0.4, -0.2) is 58.8 Å². The summed E-state index contributed by atoms with van der Waals surface area (Å²) in [6, 6.07) is 12.6. The molecular formula is C38H46N2O11. The fourth-order valence-corrected chi connectivity index (χ4v) is 5.38. The van der Waals surface area contributed by atoms with Gasteiger partial charge in [0.1, 0.15) is 0 Å². The van der Waals surface area contributed by atoms with Crippen molar-refractivity contribution < 1.29 is 48.5 Å². The summed E-state index contributed by atoms with van der Waals surface area (Å²) in [4.78, 5) is 58.8. The number of nitro groups is 1. The van der Waals surface area contributed by atoms with Gasteiger partial charge in [-0.2, -0.15) is 0 Å². The summed E-state index contributed by atoms with van der Waals surface area (Å²) in [6.45, 7) is 2.83. The quantitative estimate of drug-likeness (QED) is 0.0280. The number of nitrogens with zero attached hydrogens (tertiary/aromatic N) is 1. The first-order valence-corrected chi connectivity index (χ1v) is 17.3. The van der Waals surface area contributed by atoms with E-state index in [1.54, 1.807) is 24.3 Å². The van der Waals surface area contributed by atoms with Crippen molar-refractivity contribution in [3.05, 3.63) is 87.0 Å². The third-order valence-electron chi connectivity index (χ3n) is 8.24. The van der Waals surface area contributed by atoms with Crippen LogP contribution in [0.25, 0.3) is 11.1 Å². The summed E-state index contributed by atoms with van der Waals surface area (Å²) in [6.07, 6.45) is 10.9. The second-order valence-electron chi connectivity index (χ2n) is 12.1. The van der Waals surface area contributed by atoms with Crippen LogP contribution in [0.3, 0.4) is 0 Å². The van der Waals surface area contributed by atoms with Crippen LogP contribution in [0.1, 0.15) is 125 Å². The number of nitrogens with two attached hydrogens (primary N) is 1. The van der Waals surface area contributed by atoms with Crippen molar-refractivity contribution in [3.8, 4) is 16.9 Å². The molecule has 3 aromatic rings. The fourth-order valence-electron chi connectivity index (χ4n) is 5.38. The van der Waals surface area contributed by atoms with Gasteiger partial charge in [-0.1, -0.05) is 76.8 Å². The number of esters is 2. The molecule has 0 aliphatic rings. The minimum absolute atomic E-state index is 0.0636. The molecule has 3 rings (SSSR count). The van der Waals surface area contributed by atoms with Crippen molar-refractivity contribution >= 4 is 35.3 Å². The molecule has 13 nitrogen and oxygen atoms in total. The molecule has 0 saturated heterocycles. The maximum Gasteiger partial charge on any atom is 0.339 e. The number of hydrogen-bond acceptors (Lipinski definition) is 10. The van der Waals surface area contributed by atoms with E-state index < -0.39 is 28.8 Å². The number of benzene rings is 3. The first-order valence-electron chi connectivity index (χ1n) is 17.3. The van der Waals surface area contributed by atoms with E-state index in [-0.39, 0.29) is 41.3 Å². The van der Waals surface area contributed by atoms with E-state index in [4.69, 9.17) is 25.1 Å². The average molecular weight is 707 g/mol. The molecule has 0 radical (unpaired) electrons. The molecule has 0 amide bonds. The largest absolute Gasteiger partial charge is 0.487 e. The summed E-state index contributed by atoms with van der Waals surface area (Å²) in [5, 5.41) is 30.2. The van der Waals surface area contributed by atoms with Crippen LogP contribution in [0, 0.1) is 10.1 Å². The molecule has 0 bridgehead atoms. The number of anilines is 1. The third kappa shape index (κ3) is 12.7. The van der Waals surface area contributed by atoms with Crippen molar-refractivity contribution in [2.24, 2.45) is 0 Å². The van der Waals surface area contributed by atoms with Gasteiger partial charge in [0.25, 0.3) is 0 Å². The van der Waals surface area contributed by atoms with Crippen LogP contribution in [0.5, 0.6) is 5.75 Å². The van der Waals surface area contributed by atoms with Crippen LogP contribution in [-0.2, 0) is 9.47 Å². The number of nitro benzene ring substituents is 1. The number of aromatic carboxylic acids is 2. The second kappa shape index (κ2) is 20.9. The zero-order chi connectivity index (χ0) is 37.2. The molecule has 0 heterocycles. The van der Waals surface area contributed by atoms with Gasteiger partial charge >= 0.3 is 29.6 Å². The van der Waals surface area contributed by atoms with Gasteiger partial charge in [-0.3, -0.25) is 10.1 Å². The van der Waals surface area contributed by atoms with Crippen molar-refractivity contribution in [1.82, 2.24) is 0 Å². The molecular weight excluding hydrogens is 660 g/mol. The second-order valence-corrected chi connectivity index (χ2v) is 12.1. The molecule has 0 fully saturated rings. The smallest absolute Gasteiger partial charge is 0.339 e. The lowest BCUT2D eigenvalue weighted by atomic mass is 10.0. The molecule has 4 N–H and O–H groups in total. The molecule has 0 unspecified atom stereocenters. The molecule has 0 aliphatic carbocycles. The van der Waals surface area contributed by atoms with Crippen molar-refractivity contribution in [1.29, 1.82) is 0 Å². The zero-order valence-electron chi connectivity index (χ0n) is 28.9. The van der Waals surface area contributed by atoms with E-state index in [2.05, 4.69) is 6.92 Å². The highest BCUT2D eigenvalue weighted by Crippen LogP contribution is 2.37. The maximum atomic E-state index is 12.6. The Morgan fingerprint density at radius 2 is 1.22 bits per heavy atom. The van der Waals surface area contributed by atoms with Crippen LogP contribution < -0.4 is 10.5 Å². The molecule has 13 heteroatoms. The number of carbonyl (C=O) groups excluding carboxylic acids is 2. The lowest BCUT2D eigenvalue weighted by Gasteiger charge is -2.12. The molecule has 0 spiro atoms. The van der Waals surface area contributed by atoms with Gasteiger partial charge in [-0.05, 0) is 55.2 Å². The number of carbonyl (C=O) groups is 4. The normalized spacial score (nSPS) is 10.8. The highest BCUT2D eigenvalue weighted by atomic mass is 16.6. The topological polar surface area (TPSA) is 206 Å². The summed E-state index contributed by atoms with van der Waals surface area (Å²) in [5.41, 5.74) is 6.98. The zero-order valence-corrected chi connectivity index (χ0v) is 28.9. The van der Waals surface area contributed by atoms with E-state index >= 15 is 0 Å². The van der Waals surface area contributed by atoms with Crippen molar-refractivity contribution in [3.63, 3.8) is 0 Å². The van der Waals surface area contributed by atoms with Crippen LogP contribution >= 0.6 is 0 Å². The van der Waals surface area contributed by atoms with Gasteiger partial charge in [-0.15, -0.1) is 0 Å². The Hall–Kier alpha value is -5.46. The van der Waals surface area contributed by atoms with Gasteiger partial charge in [0, 0.05) is 23.4 Å². The molecule has 274 valence electrons. The van der Waals surface area contributed by atoms with Gasteiger partial charge in [0.2, 0.25) is 0 Å². The van der Waals surface area contributed by atoms with E-state index in [0.29, 0.717) is 41.8 Å². The lowest BCUT2D eigenvalue weighted by Crippen LogP contribution is -2.14.